The number of hydrogen-bond donors (Lipinski definition) is 0. The standard InChI is InChI=1S/C23H22ClNO5S/c1-4-14(2)30-19-10-5-15(11-20(19)29-3)12-21-22(27)25(23(28)31-21)13-18(26)16-6-8-17(24)9-7-16/h5-12,14H,4,13H2,1-3H3/b21-12-/t14-/m0/s1. The number of Topliss-reactive ketones (excluding diaryl/α,β-unsaturated/α-hetero) is 1. The van der Waals surface area contributed by atoms with E-state index < -0.39 is 11.1 Å². The van der Waals surface area contributed by atoms with Gasteiger partial charge in [0.2, 0.25) is 0 Å². The van der Waals surface area contributed by atoms with Crippen LogP contribution in [0, 0.1) is 0 Å². The van der Waals surface area contributed by atoms with E-state index in [0.29, 0.717) is 27.6 Å². The third-order valence-electron chi connectivity index (χ3n) is 4.73. The molecule has 2 aromatic carbocycles. The maximum Gasteiger partial charge on any atom is 0.293 e. The summed E-state index contributed by atoms with van der Waals surface area (Å²) in [4.78, 5) is 38.7. The molecule has 0 bridgehead atoms. The molecule has 0 spiro atoms. The van der Waals surface area contributed by atoms with Gasteiger partial charge in [-0.1, -0.05) is 24.6 Å². The zero-order chi connectivity index (χ0) is 22.5. The summed E-state index contributed by atoms with van der Waals surface area (Å²) in [5, 5.41) is 0.0175. The fourth-order valence-corrected chi connectivity index (χ4v) is 3.79. The quantitative estimate of drug-likeness (QED) is 0.386. The van der Waals surface area contributed by atoms with Crippen LogP contribution in [-0.2, 0) is 4.79 Å². The second-order valence-electron chi connectivity index (χ2n) is 6.94. The van der Waals surface area contributed by atoms with E-state index in [1.54, 1.807) is 55.7 Å². The van der Waals surface area contributed by atoms with Gasteiger partial charge in [-0.2, -0.15) is 0 Å². The molecule has 1 fully saturated rings. The highest BCUT2D eigenvalue weighted by atomic mass is 35.5. The Labute approximate surface area is 190 Å². The molecule has 1 aliphatic rings. The Kier molecular flexibility index (Phi) is 7.41. The lowest BCUT2D eigenvalue weighted by Gasteiger charge is -2.15. The summed E-state index contributed by atoms with van der Waals surface area (Å²) in [5.74, 6) is 0.298. The van der Waals surface area contributed by atoms with Gasteiger partial charge >= 0.3 is 0 Å². The summed E-state index contributed by atoms with van der Waals surface area (Å²) in [6, 6.07) is 11.6. The molecule has 0 N–H and O–H groups in total. The van der Waals surface area contributed by atoms with Gasteiger partial charge in [0.15, 0.2) is 17.3 Å². The number of amides is 2. The molecule has 0 saturated carbocycles. The van der Waals surface area contributed by atoms with E-state index in [1.807, 2.05) is 13.8 Å². The fraction of sp³-hybridized carbons (Fsp3) is 0.261. The summed E-state index contributed by atoms with van der Waals surface area (Å²) >= 11 is 6.64. The maximum absolute atomic E-state index is 12.7. The monoisotopic (exact) mass is 459 g/mol. The van der Waals surface area contributed by atoms with Crippen LogP contribution in [0.4, 0.5) is 4.79 Å². The number of ether oxygens (including phenoxy) is 2. The van der Waals surface area contributed by atoms with E-state index in [0.717, 1.165) is 23.1 Å². The summed E-state index contributed by atoms with van der Waals surface area (Å²) in [6.07, 6.45) is 2.49. The number of methoxy groups -OCH3 is 1. The molecule has 2 amide bonds. The molecule has 1 aliphatic heterocycles. The number of imide groups is 1. The molecule has 8 heteroatoms. The van der Waals surface area contributed by atoms with Crippen LogP contribution in [-0.4, -0.2) is 41.6 Å². The second-order valence-corrected chi connectivity index (χ2v) is 8.37. The molecule has 162 valence electrons. The van der Waals surface area contributed by atoms with E-state index in [-0.39, 0.29) is 23.3 Å². The minimum Gasteiger partial charge on any atom is -0.493 e. The number of thioether (sulfide) groups is 1. The molecule has 3 rings (SSSR count). The van der Waals surface area contributed by atoms with Crippen LogP contribution in [0.15, 0.2) is 47.4 Å². The normalized spacial score (nSPS) is 16.0. The van der Waals surface area contributed by atoms with Crippen molar-refractivity contribution in [2.45, 2.75) is 26.4 Å². The lowest BCUT2D eigenvalue weighted by molar-refractivity contribution is -0.122. The molecular weight excluding hydrogens is 438 g/mol. The van der Waals surface area contributed by atoms with Gasteiger partial charge in [-0.15, -0.1) is 0 Å². The van der Waals surface area contributed by atoms with E-state index >= 15 is 0 Å². The molecule has 1 heterocycles. The number of ketones is 1. The Morgan fingerprint density at radius 1 is 1.16 bits per heavy atom. The Morgan fingerprint density at radius 2 is 1.87 bits per heavy atom. The molecule has 0 unspecified atom stereocenters. The SMILES string of the molecule is CC[C@H](C)Oc1ccc(/C=C2\SC(=O)N(CC(=O)c3ccc(Cl)cc3)C2=O)cc1OC. The highest BCUT2D eigenvalue weighted by molar-refractivity contribution is 8.18. The van der Waals surface area contributed by atoms with Crippen LogP contribution in [0.5, 0.6) is 11.5 Å². The average molecular weight is 460 g/mol. The fourth-order valence-electron chi connectivity index (χ4n) is 2.83. The first-order valence-corrected chi connectivity index (χ1v) is 10.9. The smallest absolute Gasteiger partial charge is 0.293 e. The van der Waals surface area contributed by atoms with Gasteiger partial charge < -0.3 is 9.47 Å². The first-order valence-electron chi connectivity index (χ1n) is 9.71. The van der Waals surface area contributed by atoms with E-state index in [4.69, 9.17) is 21.1 Å². The number of hydrogen-bond acceptors (Lipinski definition) is 6. The molecule has 0 aromatic heterocycles. The number of nitrogens with zero attached hydrogens (tertiary/aromatic N) is 1. The molecule has 0 radical (unpaired) electrons. The molecule has 1 saturated heterocycles. The van der Waals surface area contributed by atoms with Gasteiger partial charge in [-0.05, 0) is 73.1 Å². The van der Waals surface area contributed by atoms with Crippen LogP contribution in [0.1, 0.15) is 36.2 Å². The average Bonchev–Trinajstić information content (AvgIpc) is 3.02. The van der Waals surface area contributed by atoms with Crippen molar-refractivity contribution in [3.63, 3.8) is 0 Å². The predicted octanol–water partition coefficient (Wildman–Crippen LogP) is 5.45. The predicted molar refractivity (Wildman–Crippen MR) is 122 cm³/mol. The van der Waals surface area contributed by atoms with E-state index in [2.05, 4.69) is 0 Å². The van der Waals surface area contributed by atoms with Crippen LogP contribution in [0.25, 0.3) is 6.08 Å². The first kappa shape index (κ1) is 22.9. The third-order valence-corrected chi connectivity index (χ3v) is 5.89. The van der Waals surface area contributed by atoms with Crippen molar-refractivity contribution < 1.29 is 23.9 Å². The number of carbonyl (C=O) groups excluding carboxylic acids is 3. The van der Waals surface area contributed by atoms with Gasteiger partial charge in [0.1, 0.15) is 0 Å². The summed E-state index contributed by atoms with van der Waals surface area (Å²) in [6.45, 7) is 3.67. The van der Waals surface area contributed by atoms with Crippen LogP contribution >= 0.6 is 23.4 Å². The van der Waals surface area contributed by atoms with Gasteiger partial charge in [0.05, 0.1) is 24.7 Å². The maximum atomic E-state index is 12.7. The zero-order valence-electron chi connectivity index (χ0n) is 17.4. The van der Waals surface area contributed by atoms with Crippen LogP contribution in [0.3, 0.4) is 0 Å². The molecule has 0 aliphatic carbocycles. The van der Waals surface area contributed by atoms with E-state index in [9.17, 15) is 14.4 Å². The lowest BCUT2D eigenvalue weighted by Crippen LogP contribution is -2.33. The number of benzene rings is 2. The number of halogens is 1. The largest absolute Gasteiger partial charge is 0.493 e. The van der Waals surface area contributed by atoms with Crippen molar-refractivity contribution in [2.75, 3.05) is 13.7 Å². The molecule has 31 heavy (non-hydrogen) atoms. The van der Waals surface area contributed by atoms with Crippen molar-refractivity contribution in [1.82, 2.24) is 4.90 Å². The Bertz CT molecular complexity index is 1030. The summed E-state index contributed by atoms with van der Waals surface area (Å²) in [7, 11) is 1.54. The number of rotatable bonds is 8. The minimum atomic E-state index is -0.504. The topological polar surface area (TPSA) is 72.9 Å². The molecule has 2 aromatic rings. The van der Waals surface area contributed by atoms with Crippen molar-refractivity contribution >= 4 is 46.4 Å². The van der Waals surface area contributed by atoms with Crippen molar-refractivity contribution in [3.8, 4) is 11.5 Å². The highest BCUT2D eigenvalue weighted by Gasteiger charge is 2.36. The van der Waals surface area contributed by atoms with Crippen molar-refractivity contribution in [3.05, 3.63) is 63.5 Å². The van der Waals surface area contributed by atoms with E-state index in [1.165, 1.54) is 0 Å². The van der Waals surface area contributed by atoms with Gasteiger partial charge in [0.25, 0.3) is 11.1 Å². The Hall–Kier alpha value is -2.77. The van der Waals surface area contributed by atoms with Crippen molar-refractivity contribution in [1.29, 1.82) is 0 Å². The van der Waals surface area contributed by atoms with Crippen molar-refractivity contribution in [2.24, 2.45) is 0 Å². The van der Waals surface area contributed by atoms with Gasteiger partial charge in [0, 0.05) is 10.6 Å². The Balaban J connectivity index is 1.76. The molecule has 6 nitrogen and oxygen atoms in total. The third kappa shape index (κ3) is 5.48. The Morgan fingerprint density at radius 3 is 2.52 bits per heavy atom. The number of carbonyl (C=O) groups is 3. The zero-order valence-corrected chi connectivity index (χ0v) is 19.0. The highest BCUT2D eigenvalue weighted by Crippen LogP contribution is 2.35. The molecule has 1 atom stereocenters. The first-order chi connectivity index (χ1) is 14.8. The van der Waals surface area contributed by atoms with Crippen LogP contribution < -0.4 is 9.47 Å². The lowest BCUT2D eigenvalue weighted by atomic mass is 10.1. The van der Waals surface area contributed by atoms with Crippen LogP contribution in [0.2, 0.25) is 5.02 Å². The summed E-state index contributed by atoms with van der Waals surface area (Å²) < 4.78 is 11.2. The summed E-state index contributed by atoms with van der Waals surface area (Å²) in [5.41, 5.74) is 1.07. The second kappa shape index (κ2) is 10.0. The molecular formula is C23H22ClNO5S. The minimum absolute atomic E-state index is 0.0365. The van der Waals surface area contributed by atoms with Gasteiger partial charge in [-0.3, -0.25) is 19.3 Å². The van der Waals surface area contributed by atoms with Gasteiger partial charge in [-0.25, -0.2) is 0 Å².